The molecule has 2 amide bonds. The molecule has 1 aromatic carbocycles. The number of carbonyl (C=O) groups excluding carboxylic acids is 3. The number of aliphatic hydroxyl groups is 4. The number of rotatable bonds is 7. The van der Waals surface area contributed by atoms with Crippen LogP contribution in [0.25, 0.3) is 0 Å². The molecule has 1 aromatic rings. The van der Waals surface area contributed by atoms with E-state index in [2.05, 4.69) is 4.90 Å². The summed E-state index contributed by atoms with van der Waals surface area (Å²) in [5.41, 5.74) is -5.02. The van der Waals surface area contributed by atoms with Gasteiger partial charge in [0.15, 0.2) is 0 Å². The number of imide groups is 1. The number of benzene rings is 1. The average Bonchev–Trinajstić information content (AvgIpc) is 3.55. The zero-order valence-electron chi connectivity index (χ0n) is 27.4. The van der Waals surface area contributed by atoms with E-state index in [1.165, 1.54) is 7.11 Å². The van der Waals surface area contributed by atoms with Crippen LogP contribution in [0.3, 0.4) is 0 Å². The van der Waals surface area contributed by atoms with Gasteiger partial charge in [-0.3, -0.25) is 14.5 Å². The maximum atomic E-state index is 13.9. The van der Waals surface area contributed by atoms with Crippen molar-refractivity contribution in [3.05, 3.63) is 29.8 Å². The SMILES string of the molecule is CCN1CC2(COC(=O)c3ccccc3N3C(=O)CC(C)C3=O)CCC(O)C34C5CC6C(OC)CC(O)(C5C6O)C(O)(C(OC)C23)C14. The number of anilines is 1. The molecule has 7 aliphatic rings. The van der Waals surface area contributed by atoms with Gasteiger partial charge in [-0.1, -0.05) is 26.0 Å². The average molecular weight is 655 g/mol. The van der Waals surface area contributed by atoms with Crippen molar-refractivity contribution in [1.29, 1.82) is 0 Å². The first kappa shape index (κ1) is 31.8. The lowest BCUT2D eigenvalue weighted by molar-refractivity contribution is -0.317. The van der Waals surface area contributed by atoms with Crippen LogP contribution in [0.4, 0.5) is 5.69 Å². The second-order valence-electron chi connectivity index (χ2n) is 15.5. The van der Waals surface area contributed by atoms with E-state index in [1.807, 2.05) is 6.92 Å². The number of esters is 1. The molecule has 7 bridgehead atoms. The number of likely N-dealkylation sites (N-methyl/N-ethyl adjacent to an activating group) is 1. The number of likely N-dealkylation sites (tertiary alicyclic amines) is 1. The van der Waals surface area contributed by atoms with Crippen molar-refractivity contribution >= 4 is 23.5 Å². The van der Waals surface area contributed by atoms with Crippen LogP contribution in [0.2, 0.25) is 0 Å². The first-order chi connectivity index (χ1) is 22.4. The van der Waals surface area contributed by atoms with Crippen molar-refractivity contribution in [3.8, 4) is 0 Å². The summed E-state index contributed by atoms with van der Waals surface area (Å²) in [6.07, 6.45) is -1.54. The molecule has 12 nitrogen and oxygen atoms in total. The Kier molecular flexibility index (Phi) is 6.96. The zero-order valence-corrected chi connectivity index (χ0v) is 27.4. The van der Waals surface area contributed by atoms with Gasteiger partial charge in [-0.15, -0.1) is 0 Å². The van der Waals surface area contributed by atoms with Gasteiger partial charge < -0.3 is 34.6 Å². The van der Waals surface area contributed by atoms with Crippen LogP contribution in [0.1, 0.15) is 56.3 Å². The summed E-state index contributed by atoms with van der Waals surface area (Å²) in [6.45, 7) is 4.57. The van der Waals surface area contributed by atoms with Crippen LogP contribution in [0.15, 0.2) is 24.3 Å². The van der Waals surface area contributed by atoms with Crippen molar-refractivity contribution in [2.24, 2.45) is 40.4 Å². The quantitative estimate of drug-likeness (QED) is 0.242. The summed E-state index contributed by atoms with van der Waals surface area (Å²) in [7, 11) is 3.08. The summed E-state index contributed by atoms with van der Waals surface area (Å²) in [5, 5.41) is 49.9. The third kappa shape index (κ3) is 3.55. The lowest BCUT2D eigenvalue weighted by Crippen LogP contribution is -2.82. The van der Waals surface area contributed by atoms with E-state index in [4.69, 9.17) is 14.2 Å². The fourth-order valence-corrected chi connectivity index (χ4v) is 12.6. The first-order valence-electron chi connectivity index (χ1n) is 17.1. The van der Waals surface area contributed by atoms with Crippen molar-refractivity contribution in [2.45, 2.75) is 87.6 Å². The molecule has 2 saturated heterocycles. The molecule has 256 valence electrons. The molecular weight excluding hydrogens is 608 g/mol. The van der Waals surface area contributed by atoms with Crippen molar-refractivity contribution < 1.29 is 49.0 Å². The molecule has 0 radical (unpaired) electrons. The number of amides is 2. The predicted molar refractivity (Wildman–Crippen MR) is 165 cm³/mol. The number of carbonyl (C=O) groups is 3. The van der Waals surface area contributed by atoms with E-state index in [9.17, 15) is 34.8 Å². The molecule has 7 fully saturated rings. The van der Waals surface area contributed by atoms with Crippen molar-refractivity contribution in [2.75, 3.05) is 38.8 Å². The third-order valence-electron chi connectivity index (χ3n) is 14.0. The van der Waals surface area contributed by atoms with Gasteiger partial charge in [0.25, 0.3) is 0 Å². The number of fused-ring (bicyclic) bond motifs is 2. The number of aliphatic hydroxyl groups excluding tert-OH is 2. The fourth-order valence-electron chi connectivity index (χ4n) is 12.6. The minimum Gasteiger partial charge on any atom is -0.461 e. The van der Waals surface area contributed by atoms with E-state index < -0.39 is 76.2 Å². The maximum Gasteiger partial charge on any atom is 0.340 e. The van der Waals surface area contributed by atoms with Gasteiger partial charge in [0.2, 0.25) is 11.8 Å². The molecule has 2 heterocycles. The van der Waals surface area contributed by atoms with Gasteiger partial charge in [-0.2, -0.15) is 0 Å². The molecule has 12 heteroatoms. The Morgan fingerprint density at radius 2 is 1.85 bits per heavy atom. The highest BCUT2D eigenvalue weighted by molar-refractivity contribution is 6.22. The highest BCUT2D eigenvalue weighted by atomic mass is 16.5. The molecular formula is C35H46N2O10. The predicted octanol–water partition coefficient (Wildman–Crippen LogP) is 0.727. The van der Waals surface area contributed by atoms with Crippen LogP contribution in [-0.2, 0) is 23.8 Å². The van der Waals surface area contributed by atoms with Gasteiger partial charge in [-0.05, 0) is 43.9 Å². The first-order valence-corrected chi connectivity index (χ1v) is 17.1. The van der Waals surface area contributed by atoms with Crippen LogP contribution in [0.5, 0.6) is 0 Å². The Labute approximate surface area is 273 Å². The Morgan fingerprint density at radius 3 is 2.51 bits per heavy atom. The van der Waals surface area contributed by atoms with Gasteiger partial charge >= 0.3 is 5.97 Å². The largest absolute Gasteiger partial charge is 0.461 e. The maximum absolute atomic E-state index is 13.9. The fraction of sp³-hybridized carbons (Fsp3) is 0.743. The molecule has 4 N–H and O–H groups in total. The number of para-hydroxylation sites is 1. The van der Waals surface area contributed by atoms with Crippen molar-refractivity contribution in [3.63, 3.8) is 0 Å². The topological polar surface area (TPSA) is 166 Å². The molecule has 5 aliphatic carbocycles. The minimum absolute atomic E-state index is 0.0563. The second-order valence-corrected chi connectivity index (χ2v) is 15.5. The number of methoxy groups -OCH3 is 2. The molecule has 0 aromatic heterocycles. The Bertz CT molecular complexity index is 1520. The lowest BCUT2D eigenvalue weighted by Gasteiger charge is -2.69. The molecule has 1 spiro atoms. The highest BCUT2D eigenvalue weighted by Crippen LogP contribution is 2.80. The van der Waals surface area contributed by atoms with Crippen LogP contribution in [-0.4, -0.2) is 119 Å². The molecule has 8 rings (SSSR count). The number of nitrogens with zero attached hydrogens (tertiary/aromatic N) is 2. The number of ether oxygens (including phenoxy) is 3. The Morgan fingerprint density at radius 1 is 1.11 bits per heavy atom. The van der Waals surface area contributed by atoms with E-state index in [0.29, 0.717) is 32.4 Å². The Hall–Kier alpha value is -2.45. The van der Waals surface area contributed by atoms with Crippen LogP contribution in [0, 0.1) is 40.4 Å². The van der Waals surface area contributed by atoms with Crippen LogP contribution >= 0.6 is 0 Å². The van der Waals surface area contributed by atoms with Gasteiger partial charge in [0.1, 0.15) is 11.2 Å². The number of piperidine rings is 1. The third-order valence-corrected chi connectivity index (χ3v) is 14.0. The van der Waals surface area contributed by atoms with E-state index >= 15 is 0 Å². The number of hydrogen-bond donors (Lipinski definition) is 4. The smallest absolute Gasteiger partial charge is 0.340 e. The zero-order chi connectivity index (χ0) is 33.4. The molecule has 5 saturated carbocycles. The standard InChI is InChI=1S/C35H46N2O10/c1-5-36-15-32(16-47-30(42)18-8-6-7-9-21(18)37-24(39)12-17(2)29(37)41)11-10-23(38)34-20-13-19-22(45-3)14-33(43,25(20)26(19)40)35(44,31(34)36)28(46-4)27(32)34/h6-9,17,19-20,22-23,25-28,31,38,40,43-44H,5,10-16H2,1-4H3. The summed E-state index contributed by atoms with van der Waals surface area (Å²) in [6, 6.07) is 5.80. The van der Waals surface area contributed by atoms with E-state index in [-0.39, 0.29) is 54.3 Å². The number of hydrogen-bond acceptors (Lipinski definition) is 11. The molecule has 14 atom stereocenters. The lowest BCUT2D eigenvalue weighted by atomic mass is 9.42. The summed E-state index contributed by atoms with van der Waals surface area (Å²) in [5.74, 6) is -3.66. The van der Waals surface area contributed by atoms with E-state index in [0.717, 1.165) is 4.90 Å². The van der Waals surface area contributed by atoms with Crippen molar-refractivity contribution in [1.82, 2.24) is 4.90 Å². The summed E-state index contributed by atoms with van der Waals surface area (Å²) >= 11 is 0. The summed E-state index contributed by atoms with van der Waals surface area (Å²) in [4.78, 5) is 42.8. The van der Waals surface area contributed by atoms with Gasteiger partial charge in [0.05, 0.1) is 48.3 Å². The minimum atomic E-state index is -1.85. The molecule has 14 unspecified atom stereocenters. The second kappa shape index (κ2) is 10.3. The van der Waals surface area contributed by atoms with E-state index in [1.54, 1.807) is 38.3 Å². The van der Waals surface area contributed by atoms with Gasteiger partial charge in [-0.25, -0.2) is 9.69 Å². The normalized spacial score (nSPS) is 49.5. The van der Waals surface area contributed by atoms with Gasteiger partial charge in [0, 0.05) is 68.1 Å². The Balaban J connectivity index is 1.21. The van der Waals surface area contributed by atoms with Crippen LogP contribution < -0.4 is 4.90 Å². The molecule has 2 aliphatic heterocycles. The molecule has 47 heavy (non-hydrogen) atoms. The summed E-state index contributed by atoms with van der Waals surface area (Å²) < 4.78 is 18.2. The monoisotopic (exact) mass is 654 g/mol. The highest BCUT2D eigenvalue weighted by Gasteiger charge is 2.91.